The van der Waals surface area contributed by atoms with Crippen molar-refractivity contribution >= 4 is 35.0 Å². The fraction of sp³-hybridized carbons (Fsp3) is 0.333. The Hall–Kier alpha value is -2.61. The maximum atomic E-state index is 11.7. The van der Waals surface area contributed by atoms with Crippen molar-refractivity contribution in [3.8, 4) is 5.75 Å². The Kier molecular flexibility index (Phi) is 6.97. The minimum Gasteiger partial charge on any atom is -0.493 e. The van der Waals surface area contributed by atoms with E-state index in [0.29, 0.717) is 11.8 Å². The van der Waals surface area contributed by atoms with E-state index in [4.69, 9.17) is 4.74 Å². The van der Waals surface area contributed by atoms with Crippen molar-refractivity contribution in [2.45, 2.75) is 27.2 Å². The third kappa shape index (κ3) is 5.19. The van der Waals surface area contributed by atoms with E-state index >= 15 is 0 Å². The number of hydrogen-bond acceptors (Lipinski definition) is 7. The van der Waals surface area contributed by atoms with Crippen LogP contribution in [0.4, 0.5) is 0 Å². The van der Waals surface area contributed by atoms with Crippen LogP contribution in [-0.4, -0.2) is 37.0 Å². The molecule has 1 saturated heterocycles. The molecule has 7 nitrogen and oxygen atoms in total. The third-order valence-electron chi connectivity index (χ3n) is 3.39. The first-order chi connectivity index (χ1) is 12.4. The Labute approximate surface area is 156 Å². The largest absolute Gasteiger partial charge is 0.493 e. The number of esters is 1. The highest BCUT2D eigenvalue weighted by molar-refractivity contribution is 8.18. The van der Waals surface area contributed by atoms with Crippen LogP contribution in [0.1, 0.15) is 30.0 Å². The van der Waals surface area contributed by atoms with E-state index in [-0.39, 0.29) is 4.91 Å². The average molecular weight is 375 g/mol. The maximum Gasteiger partial charge on any atom is 0.331 e. The fourth-order valence-corrected chi connectivity index (χ4v) is 3.02. The lowest BCUT2D eigenvalue weighted by atomic mass is 10.1. The van der Waals surface area contributed by atoms with Crippen molar-refractivity contribution in [1.82, 2.24) is 5.32 Å². The molecule has 1 aliphatic rings. The number of benzene rings is 1. The van der Waals surface area contributed by atoms with Crippen molar-refractivity contribution < 1.29 is 19.1 Å². The van der Waals surface area contributed by atoms with Gasteiger partial charge in [0.15, 0.2) is 5.17 Å². The second-order valence-electron chi connectivity index (χ2n) is 5.57. The molecule has 0 saturated carbocycles. The quantitative estimate of drug-likeness (QED) is 0.357. The fourth-order valence-electron chi connectivity index (χ4n) is 2.28. The number of hydrogen-bond donors (Lipinski definition) is 1. The predicted octanol–water partition coefficient (Wildman–Crippen LogP) is 2.70. The Bertz CT molecular complexity index is 777. The van der Waals surface area contributed by atoms with Gasteiger partial charge < -0.3 is 9.47 Å². The third-order valence-corrected chi connectivity index (χ3v) is 4.29. The SMILES string of the molecule is CCCOc1c(C)cc(C=N/N=C2/NC(=O)/C(=C\C(=O)OC)S2)cc1C. The molecule has 0 bridgehead atoms. The van der Waals surface area contributed by atoms with Gasteiger partial charge in [-0.2, -0.15) is 5.10 Å². The number of carbonyl (C=O) groups is 2. The van der Waals surface area contributed by atoms with Crippen molar-refractivity contribution in [2.75, 3.05) is 13.7 Å². The Morgan fingerprint density at radius 3 is 2.62 bits per heavy atom. The van der Waals surface area contributed by atoms with E-state index in [1.165, 1.54) is 7.11 Å². The standard InChI is InChI=1S/C18H21N3O4S/c1-5-6-25-16-11(2)7-13(8-12(16)3)10-19-21-18-20-17(23)14(26-18)9-15(22)24-4/h7-10H,5-6H2,1-4H3,(H,20,21,23)/b14-9+,19-10?. The number of nitrogens with zero attached hydrogens (tertiary/aromatic N) is 2. The summed E-state index contributed by atoms with van der Waals surface area (Å²) >= 11 is 1.03. The zero-order valence-corrected chi connectivity index (χ0v) is 16.0. The average Bonchev–Trinajstić information content (AvgIpc) is 2.93. The molecule has 0 atom stereocenters. The molecule has 1 aromatic rings. The second-order valence-corrected chi connectivity index (χ2v) is 6.60. The van der Waals surface area contributed by atoms with Crippen LogP contribution in [0, 0.1) is 13.8 Å². The van der Waals surface area contributed by atoms with Crippen molar-refractivity contribution in [1.29, 1.82) is 0 Å². The van der Waals surface area contributed by atoms with E-state index in [1.54, 1.807) is 6.21 Å². The summed E-state index contributed by atoms with van der Waals surface area (Å²) in [4.78, 5) is 23.1. The zero-order valence-electron chi connectivity index (χ0n) is 15.2. The molecule has 1 amide bonds. The summed E-state index contributed by atoms with van der Waals surface area (Å²) in [6, 6.07) is 3.93. The molecule has 0 radical (unpaired) electrons. The molecule has 1 fully saturated rings. The van der Waals surface area contributed by atoms with Gasteiger partial charge in [0.1, 0.15) is 5.75 Å². The van der Waals surface area contributed by atoms with Gasteiger partial charge in [-0.05, 0) is 60.9 Å². The van der Waals surface area contributed by atoms with Gasteiger partial charge in [-0.3, -0.25) is 10.1 Å². The number of ether oxygens (including phenoxy) is 2. The minimum atomic E-state index is -0.594. The Morgan fingerprint density at radius 2 is 2.00 bits per heavy atom. The van der Waals surface area contributed by atoms with E-state index < -0.39 is 11.9 Å². The van der Waals surface area contributed by atoms with Crippen LogP contribution < -0.4 is 10.1 Å². The van der Waals surface area contributed by atoms with Crippen LogP contribution in [0.3, 0.4) is 0 Å². The highest BCUT2D eigenvalue weighted by Gasteiger charge is 2.24. The number of amidine groups is 1. The van der Waals surface area contributed by atoms with E-state index in [1.807, 2.05) is 26.0 Å². The summed E-state index contributed by atoms with van der Waals surface area (Å²) in [5.41, 5.74) is 2.94. The highest BCUT2D eigenvalue weighted by Crippen LogP contribution is 2.25. The molecular weight excluding hydrogens is 354 g/mol. The Morgan fingerprint density at radius 1 is 1.31 bits per heavy atom. The number of nitrogens with one attached hydrogen (secondary N) is 1. The second kappa shape index (κ2) is 9.19. The molecule has 0 aliphatic carbocycles. The number of methoxy groups -OCH3 is 1. The van der Waals surface area contributed by atoms with Gasteiger partial charge >= 0.3 is 5.97 Å². The van der Waals surface area contributed by atoms with Gasteiger partial charge in [0, 0.05) is 6.08 Å². The summed E-state index contributed by atoms with van der Waals surface area (Å²) in [6.07, 6.45) is 3.68. The summed E-state index contributed by atoms with van der Waals surface area (Å²) in [5.74, 6) is -0.103. The molecule has 138 valence electrons. The number of amides is 1. The molecular formula is C18H21N3O4S. The van der Waals surface area contributed by atoms with Crippen molar-refractivity contribution in [2.24, 2.45) is 10.2 Å². The van der Waals surface area contributed by atoms with Gasteiger partial charge in [0.25, 0.3) is 5.91 Å². The predicted molar refractivity (Wildman–Crippen MR) is 103 cm³/mol. The van der Waals surface area contributed by atoms with Gasteiger partial charge in [-0.15, -0.1) is 5.10 Å². The number of rotatable bonds is 6. The number of carbonyl (C=O) groups excluding carboxylic acids is 2. The van der Waals surface area contributed by atoms with E-state index in [0.717, 1.165) is 46.7 Å². The molecule has 1 aromatic carbocycles. The molecule has 1 aliphatic heterocycles. The molecule has 0 spiro atoms. The maximum absolute atomic E-state index is 11.7. The summed E-state index contributed by atoms with van der Waals surface area (Å²) in [5, 5.41) is 10.8. The minimum absolute atomic E-state index is 0.218. The highest BCUT2D eigenvalue weighted by atomic mass is 32.2. The normalized spacial score (nSPS) is 17.2. The van der Waals surface area contributed by atoms with Crippen LogP contribution in [0.5, 0.6) is 5.75 Å². The molecule has 0 aromatic heterocycles. The van der Waals surface area contributed by atoms with Crippen LogP contribution in [0.25, 0.3) is 0 Å². The summed E-state index contributed by atoms with van der Waals surface area (Å²) in [6.45, 7) is 6.72. The molecule has 1 N–H and O–H groups in total. The van der Waals surface area contributed by atoms with Crippen LogP contribution in [-0.2, 0) is 14.3 Å². The zero-order chi connectivity index (χ0) is 19.1. The molecule has 1 heterocycles. The molecule has 0 unspecified atom stereocenters. The lowest BCUT2D eigenvalue weighted by Crippen LogP contribution is -2.19. The van der Waals surface area contributed by atoms with Crippen LogP contribution in [0.2, 0.25) is 0 Å². The van der Waals surface area contributed by atoms with E-state index in [2.05, 4.69) is 27.2 Å². The Balaban J connectivity index is 2.09. The van der Waals surface area contributed by atoms with Gasteiger partial charge in [0.05, 0.1) is 24.8 Å². The van der Waals surface area contributed by atoms with Crippen LogP contribution >= 0.6 is 11.8 Å². The van der Waals surface area contributed by atoms with Crippen molar-refractivity contribution in [3.63, 3.8) is 0 Å². The first kappa shape index (κ1) is 19.7. The smallest absolute Gasteiger partial charge is 0.331 e. The monoisotopic (exact) mass is 375 g/mol. The van der Waals surface area contributed by atoms with Crippen molar-refractivity contribution in [3.05, 3.63) is 39.8 Å². The lowest BCUT2D eigenvalue weighted by molar-refractivity contribution is -0.135. The topological polar surface area (TPSA) is 89.4 Å². The number of thioether (sulfide) groups is 1. The number of aryl methyl sites for hydroxylation is 2. The van der Waals surface area contributed by atoms with E-state index in [9.17, 15) is 9.59 Å². The lowest BCUT2D eigenvalue weighted by Gasteiger charge is -2.12. The molecule has 2 rings (SSSR count). The summed E-state index contributed by atoms with van der Waals surface area (Å²) in [7, 11) is 1.25. The van der Waals surface area contributed by atoms with Gasteiger partial charge in [-0.1, -0.05) is 6.92 Å². The molecule has 8 heteroatoms. The van der Waals surface area contributed by atoms with Crippen LogP contribution in [0.15, 0.2) is 33.3 Å². The first-order valence-electron chi connectivity index (χ1n) is 8.08. The van der Waals surface area contributed by atoms with Gasteiger partial charge in [-0.25, -0.2) is 4.79 Å². The summed E-state index contributed by atoms with van der Waals surface area (Å²) < 4.78 is 10.3. The first-order valence-corrected chi connectivity index (χ1v) is 8.90. The van der Waals surface area contributed by atoms with Gasteiger partial charge in [0.2, 0.25) is 0 Å². The molecule has 26 heavy (non-hydrogen) atoms.